The maximum absolute atomic E-state index is 13.2. The molecular weight excluding hydrogens is 430 g/mol. The van der Waals surface area contributed by atoms with Crippen molar-refractivity contribution in [3.8, 4) is 0 Å². The standard InChI is InChI=1S/C22H25N5O2S2/c1-15-16-9-13-31-19(16)8-11-24(15)14-26-22(30)27-18-7-4-3-6-17(18)20(28)25(21(27)23-26)10-5-12-29-2/h3-4,6-7,9,13,15H,5,8,10-12,14H2,1-2H3. The van der Waals surface area contributed by atoms with E-state index in [2.05, 4.69) is 23.3 Å². The van der Waals surface area contributed by atoms with Crippen LogP contribution in [0.15, 0.2) is 40.5 Å². The highest BCUT2D eigenvalue weighted by molar-refractivity contribution is 7.71. The molecule has 0 spiro atoms. The number of aromatic nitrogens is 4. The maximum atomic E-state index is 13.2. The minimum Gasteiger partial charge on any atom is -0.385 e. The Morgan fingerprint density at radius 3 is 2.97 bits per heavy atom. The van der Waals surface area contributed by atoms with Gasteiger partial charge in [-0.25, -0.2) is 4.68 Å². The van der Waals surface area contributed by atoms with Crippen LogP contribution in [-0.4, -0.2) is 43.9 Å². The maximum Gasteiger partial charge on any atom is 0.262 e. The molecule has 0 saturated heterocycles. The molecule has 31 heavy (non-hydrogen) atoms. The molecule has 1 atom stereocenters. The van der Waals surface area contributed by atoms with Crippen LogP contribution in [0.4, 0.5) is 0 Å². The number of ether oxygens (including phenoxy) is 1. The SMILES string of the molecule is COCCCn1c(=O)c2ccccc2n2c(=S)n(CN3CCc4sccc4C3C)nc12. The average Bonchev–Trinajstić information content (AvgIpc) is 3.38. The Kier molecular flexibility index (Phi) is 5.51. The number of nitrogens with zero attached hydrogens (tertiary/aromatic N) is 5. The van der Waals surface area contributed by atoms with Crippen molar-refractivity contribution in [3.63, 3.8) is 0 Å². The Morgan fingerprint density at radius 1 is 1.29 bits per heavy atom. The number of rotatable bonds is 6. The van der Waals surface area contributed by atoms with Crippen molar-refractivity contribution in [2.24, 2.45) is 0 Å². The third-order valence-electron chi connectivity index (χ3n) is 6.13. The lowest BCUT2D eigenvalue weighted by Crippen LogP contribution is -2.35. The largest absolute Gasteiger partial charge is 0.385 e. The number of para-hydroxylation sites is 1. The van der Waals surface area contributed by atoms with Gasteiger partial charge in [-0.1, -0.05) is 12.1 Å². The third-order valence-corrected chi connectivity index (χ3v) is 7.52. The van der Waals surface area contributed by atoms with Crippen molar-refractivity contribution in [1.82, 2.24) is 23.6 Å². The Labute approximate surface area is 189 Å². The Hall–Kier alpha value is -2.33. The summed E-state index contributed by atoms with van der Waals surface area (Å²) in [6.07, 6.45) is 1.77. The fourth-order valence-electron chi connectivity index (χ4n) is 4.45. The van der Waals surface area contributed by atoms with Gasteiger partial charge in [0.2, 0.25) is 10.5 Å². The molecule has 162 valence electrons. The first kappa shape index (κ1) is 20.6. The number of hydrogen-bond acceptors (Lipinski definition) is 6. The monoisotopic (exact) mass is 455 g/mol. The first-order chi connectivity index (χ1) is 15.1. The molecule has 7 nitrogen and oxygen atoms in total. The fraction of sp³-hybridized carbons (Fsp3) is 0.409. The lowest BCUT2D eigenvalue weighted by atomic mass is 10.0. The predicted octanol–water partition coefficient (Wildman–Crippen LogP) is 3.85. The topological polar surface area (TPSA) is 56.7 Å². The van der Waals surface area contributed by atoms with E-state index in [0.29, 0.717) is 41.8 Å². The first-order valence-corrected chi connectivity index (χ1v) is 11.8. The highest BCUT2D eigenvalue weighted by atomic mass is 32.1. The Bertz CT molecular complexity index is 1370. The van der Waals surface area contributed by atoms with Crippen molar-refractivity contribution < 1.29 is 4.74 Å². The van der Waals surface area contributed by atoms with Gasteiger partial charge in [0.1, 0.15) is 0 Å². The second kappa shape index (κ2) is 8.31. The van der Waals surface area contributed by atoms with Gasteiger partial charge in [-0.3, -0.25) is 18.7 Å². The van der Waals surface area contributed by atoms with Crippen molar-refractivity contribution in [2.75, 3.05) is 20.3 Å². The van der Waals surface area contributed by atoms with Gasteiger partial charge in [0.25, 0.3) is 5.56 Å². The summed E-state index contributed by atoms with van der Waals surface area (Å²) in [7, 11) is 1.67. The zero-order chi connectivity index (χ0) is 21.5. The van der Waals surface area contributed by atoms with E-state index in [0.717, 1.165) is 24.9 Å². The number of thiophene rings is 1. The van der Waals surface area contributed by atoms with E-state index in [1.807, 2.05) is 44.7 Å². The molecule has 3 aromatic heterocycles. The molecule has 4 heterocycles. The minimum atomic E-state index is -0.0411. The number of hydrogen-bond donors (Lipinski definition) is 0. The second-order valence-electron chi connectivity index (χ2n) is 7.92. The van der Waals surface area contributed by atoms with Gasteiger partial charge < -0.3 is 4.74 Å². The number of methoxy groups -OCH3 is 1. The predicted molar refractivity (Wildman–Crippen MR) is 125 cm³/mol. The molecular formula is C22H25N5O2S2. The summed E-state index contributed by atoms with van der Waals surface area (Å²) >= 11 is 7.70. The van der Waals surface area contributed by atoms with Gasteiger partial charge in [0.15, 0.2) is 0 Å². The molecule has 0 aliphatic carbocycles. The summed E-state index contributed by atoms with van der Waals surface area (Å²) in [6.45, 7) is 4.91. The second-order valence-corrected chi connectivity index (χ2v) is 9.28. The van der Waals surface area contributed by atoms with Gasteiger partial charge >= 0.3 is 0 Å². The molecule has 0 bridgehead atoms. The molecule has 5 rings (SSSR count). The van der Waals surface area contributed by atoms with Gasteiger partial charge in [0, 0.05) is 37.7 Å². The van der Waals surface area contributed by atoms with E-state index in [4.69, 9.17) is 22.1 Å². The van der Waals surface area contributed by atoms with E-state index in [9.17, 15) is 4.79 Å². The van der Waals surface area contributed by atoms with Crippen molar-refractivity contribution in [1.29, 1.82) is 0 Å². The summed E-state index contributed by atoms with van der Waals surface area (Å²) < 4.78 is 11.3. The van der Waals surface area contributed by atoms with E-state index < -0.39 is 0 Å². The quantitative estimate of drug-likeness (QED) is 0.326. The highest BCUT2D eigenvalue weighted by Gasteiger charge is 2.26. The Balaban J connectivity index is 1.61. The van der Waals surface area contributed by atoms with Crippen molar-refractivity contribution in [3.05, 3.63) is 61.3 Å². The molecule has 0 amide bonds. The number of fused-ring (bicyclic) bond motifs is 4. The molecule has 4 aromatic rings. The van der Waals surface area contributed by atoms with Gasteiger partial charge in [-0.2, -0.15) is 0 Å². The molecule has 1 aliphatic heterocycles. The minimum absolute atomic E-state index is 0.0411. The van der Waals surface area contributed by atoms with Crippen LogP contribution in [0.3, 0.4) is 0 Å². The summed E-state index contributed by atoms with van der Waals surface area (Å²) in [6, 6.07) is 10.1. The molecule has 0 saturated carbocycles. The van der Waals surface area contributed by atoms with Crippen LogP contribution in [-0.2, 0) is 24.4 Å². The molecule has 1 aromatic carbocycles. The molecule has 0 fully saturated rings. The summed E-state index contributed by atoms with van der Waals surface area (Å²) in [5.74, 6) is 0.589. The van der Waals surface area contributed by atoms with Gasteiger partial charge in [-0.05, 0) is 61.1 Å². The summed E-state index contributed by atoms with van der Waals surface area (Å²) in [5, 5.41) is 7.66. The van der Waals surface area contributed by atoms with Crippen LogP contribution in [0.5, 0.6) is 0 Å². The van der Waals surface area contributed by atoms with E-state index in [-0.39, 0.29) is 5.56 Å². The molecule has 9 heteroatoms. The van der Waals surface area contributed by atoms with Crippen molar-refractivity contribution in [2.45, 2.75) is 39.0 Å². The Morgan fingerprint density at radius 2 is 2.13 bits per heavy atom. The molecule has 1 aliphatic rings. The summed E-state index contributed by atoms with van der Waals surface area (Å²) in [5.41, 5.74) is 2.16. The smallest absolute Gasteiger partial charge is 0.262 e. The lowest BCUT2D eigenvalue weighted by Gasteiger charge is -2.33. The van der Waals surface area contributed by atoms with Gasteiger partial charge in [0.05, 0.1) is 17.6 Å². The lowest BCUT2D eigenvalue weighted by molar-refractivity contribution is 0.144. The number of aryl methyl sites for hydroxylation is 1. The first-order valence-electron chi connectivity index (χ1n) is 10.5. The van der Waals surface area contributed by atoms with Crippen LogP contribution in [0.25, 0.3) is 16.7 Å². The number of benzene rings is 1. The zero-order valence-corrected chi connectivity index (χ0v) is 19.3. The van der Waals surface area contributed by atoms with Crippen LogP contribution in [0.2, 0.25) is 0 Å². The van der Waals surface area contributed by atoms with Crippen LogP contribution >= 0.6 is 23.6 Å². The van der Waals surface area contributed by atoms with E-state index in [1.54, 1.807) is 11.7 Å². The van der Waals surface area contributed by atoms with Gasteiger partial charge in [-0.15, -0.1) is 16.4 Å². The fourth-order valence-corrected chi connectivity index (χ4v) is 5.70. The normalized spacial score (nSPS) is 16.9. The van der Waals surface area contributed by atoms with Crippen LogP contribution in [0.1, 0.15) is 29.8 Å². The van der Waals surface area contributed by atoms with Crippen molar-refractivity contribution >= 4 is 40.2 Å². The highest BCUT2D eigenvalue weighted by Crippen LogP contribution is 2.33. The average molecular weight is 456 g/mol. The third kappa shape index (κ3) is 3.45. The molecule has 0 radical (unpaired) electrons. The van der Waals surface area contributed by atoms with E-state index in [1.165, 1.54) is 10.4 Å². The van der Waals surface area contributed by atoms with Crippen LogP contribution < -0.4 is 5.56 Å². The zero-order valence-electron chi connectivity index (χ0n) is 17.7. The summed E-state index contributed by atoms with van der Waals surface area (Å²) in [4.78, 5) is 17.1. The van der Waals surface area contributed by atoms with Crippen LogP contribution in [0, 0.1) is 4.77 Å². The molecule has 0 N–H and O–H groups in total. The molecule has 1 unspecified atom stereocenters. The van der Waals surface area contributed by atoms with E-state index >= 15 is 0 Å².